The molecule has 2 amide bonds. The lowest BCUT2D eigenvalue weighted by Crippen LogP contribution is -2.27. The second-order valence-electron chi connectivity index (χ2n) is 4.95. The Morgan fingerprint density at radius 3 is 2.64 bits per heavy atom. The molecule has 0 saturated carbocycles. The van der Waals surface area contributed by atoms with Crippen molar-refractivity contribution in [2.45, 2.75) is 33.3 Å². The highest BCUT2D eigenvalue weighted by atomic mass is 35.5. The number of carbonyl (C=O) groups is 2. The molecule has 22 heavy (non-hydrogen) atoms. The van der Waals surface area contributed by atoms with Gasteiger partial charge in [0.25, 0.3) is 11.1 Å². The fourth-order valence-corrected chi connectivity index (χ4v) is 3.06. The summed E-state index contributed by atoms with van der Waals surface area (Å²) in [6.45, 7) is 6.17. The highest BCUT2D eigenvalue weighted by molar-refractivity contribution is 8.18. The molecule has 0 bridgehead atoms. The predicted octanol–water partition coefficient (Wildman–Crippen LogP) is 4.57. The van der Waals surface area contributed by atoms with Crippen molar-refractivity contribution in [2.24, 2.45) is 0 Å². The molecular weight excluding hydrogens is 322 g/mol. The van der Waals surface area contributed by atoms with E-state index in [9.17, 15) is 9.59 Å². The minimum absolute atomic E-state index is 0.0874. The first-order valence-corrected chi connectivity index (χ1v) is 8.37. The molecule has 6 heteroatoms. The average Bonchev–Trinajstić information content (AvgIpc) is 2.75. The van der Waals surface area contributed by atoms with Crippen LogP contribution in [0.5, 0.6) is 5.75 Å². The number of hydrogen-bond acceptors (Lipinski definition) is 4. The Bertz CT molecular complexity index is 630. The summed E-state index contributed by atoms with van der Waals surface area (Å²) in [5.41, 5.74) is 0.767. The molecule has 0 radical (unpaired) electrons. The zero-order valence-corrected chi connectivity index (χ0v) is 14.3. The van der Waals surface area contributed by atoms with Crippen molar-refractivity contribution >= 4 is 40.6 Å². The first kappa shape index (κ1) is 16.9. The smallest absolute Gasteiger partial charge is 0.293 e. The van der Waals surface area contributed by atoms with Gasteiger partial charge >= 0.3 is 0 Å². The van der Waals surface area contributed by atoms with E-state index in [0.717, 1.165) is 23.7 Å². The number of benzene rings is 1. The van der Waals surface area contributed by atoms with Crippen LogP contribution in [0.4, 0.5) is 4.79 Å². The van der Waals surface area contributed by atoms with Gasteiger partial charge in [-0.05, 0) is 55.8 Å². The van der Waals surface area contributed by atoms with Gasteiger partial charge in [0.2, 0.25) is 0 Å². The van der Waals surface area contributed by atoms with Crippen LogP contribution >= 0.6 is 23.4 Å². The lowest BCUT2D eigenvalue weighted by Gasteiger charge is -2.14. The van der Waals surface area contributed by atoms with Crippen molar-refractivity contribution in [3.63, 3.8) is 0 Å². The summed E-state index contributed by atoms with van der Waals surface area (Å²) in [7, 11) is 0. The first-order valence-electron chi connectivity index (χ1n) is 7.17. The van der Waals surface area contributed by atoms with Crippen LogP contribution < -0.4 is 4.74 Å². The average molecular weight is 340 g/mol. The monoisotopic (exact) mass is 339 g/mol. The van der Waals surface area contributed by atoms with Gasteiger partial charge < -0.3 is 4.74 Å². The van der Waals surface area contributed by atoms with Crippen LogP contribution in [0.2, 0.25) is 5.02 Å². The molecule has 0 aliphatic carbocycles. The number of likely N-dealkylation sites (N-methyl/N-ethyl adjacent to an activating group) is 1. The number of halogens is 1. The van der Waals surface area contributed by atoms with Gasteiger partial charge in [-0.3, -0.25) is 14.5 Å². The Morgan fingerprint density at radius 1 is 1.36 bits per heavy atom. The number of hydrogen-bond donors (Lipinski definition) is 0. The van der Waals surface area contributed by atoms with Gasteiger partial charge in [0.05, 0.1) is 16.0 Å². The standard InChI is InChI=1S/C16H18ClNO3S/c1-4-10(3)21-13-7-6-11(8-12(13)17)9-14-15(19)18(5-2)16(20)22-14/h6-10H,4-5H2,1-3H3/b14-9-/t10-/m1/s1. The number of imide groups is 1. The maximum Gasteiger partial charge on any atom is 0.293 e. The minimum Gasteiger partial charge on any atom is -0.489 e. The van der Waals surface area contributed by atoms with Crippen LogP contribution in [0.1, 0.15) is 32.8 Å². The molecule has 4 nitrogen and oxygen atoms in total. The number of rotatable bonds is 5. The van der Waals surface area contributed by atoms with Crippen LogP contribution in [0, 0.1) is 0 Å². The maximum absolute atomic E-state index is 12.0. The van der Waals surface area contributed by atoms with Gasteiger partial charge in [0.15, 0.2) is 0 Å². The second-order valence-corrected chi connectivity index (χ2v) is 6.35. The maximum atomic E-state index is 12.0. The summed E-state index contributed by atoms with van der Waals surface area (Å²) in [4.78, 5) is 25.4. The molecule has 1 aliphatic heterocycles. The molecule has 1 aliphatic rings. The van der Waals surface area contributed by atoms with E-state index in [4.69, 9.17) is 16.3 Å². The summed E-state index contributed by atoms with van der Waals surface area (Å²) >= 11 is 7.16. The number of ether oxygens (including phenoxy) is 1. The van der Waals surface area contributed by atoms with Gasteiger partial charge in [-0.15, -0.1) is 0 Å². The van der Waals surface area contributed by atoms with E-state index < -0.39 is 0 Å². The lowest BCUT2D eigenvalue weighted by atomic mass is 10.2. The van der Waals surface area contributed by atoms with Gasteiger partial charge in [0, 0.05) is 6.54 Å². The molecule has 0 aromatic heterocycles. The number of thioether (sulfide) groups is 1. The van der Waals surface area contributed by atoms with Crippen LogP contribution in [0.3, 0.4) is 0 Å². The highest BCUT2D eigenvalue weighted by Crippen LogP contribution is 2.33. The Hall–Kier alpha value is -1.46. The SMILES string of the molecule is CC[C@@H](C)Oc1ccc(/C=C2\SC(=O)N(CC)C2=O)cc1Cl. The number of carbonyl (C=O) groups excluding carboxylic acids is 2. The van der Waals surface area contributed by atoms with Crippen LogP contribution in [-0.4, -0.2) is 28.7 Å². The van der Waals surface area contributed by atoms with Crippen LogP contribution in [-0.2, 0) is 4.79 Å². The molecule has 1 heterocycles. The van der Waals surface area contributed by atoms with Crippen molar-refractivity contribution in [2.75, 3.05) is 6.54 Å². The van der Waals surface area contributed by atoms with Crippen LogP contribution in [0.25, 0.3) is 6.08 Å². The number of amides is 2. The summed E-state index contributed by atoms with van der Waals surface area (Å²) in [6, 6.07) is 5.34. The third-order valence-corrected chi connectivity index (χ3v) is 4.55. The fourth-order valence-electron chi connectivity index (χ4n) is 1.93. The van der Waals surface area contributed by atoms with Gasteiger partial charge in [-0.2, -0.15) is 0 Å². The van der Waals surface area contributed by atoms with Crippen molar-refractivity contribution in [1.29, 1.82) is 0 Å². The molecule has 1 aromatic carbocycles. The predicted molar refractivity (Wildman–Crippen MR) is 90.2 cm³/mol. The quantitative estimate of drug-likeness (QED) is 0.737. The van der Waals surface area contributed by atoms with E-state index in [-0.39, 0.29) is 17.3 Å². The highest BCUT2D eigenvalue weighted by Gasteiger charge is 2.33. The molecule has 1 fully saturated rings. The third-order valence-electron chi connectivity index (χ3n) is 3.35. The lowest BCUT2D eigenvalue weighted by molar-refractivity contribution is -0.122. The summed E-state index contributed by atoms with van der Waals surface area (Å²) in [6.07, 6.45) is 2.66. The molecule has 0 spiro atoms. The third kappa shape index (κ3) is 3.65. The summed E-state index contributed by atoms with van der Waals surface area (Å²) in [5.74, 6) is 0.364. The van der Waals surface area contributed by atoms with E-state index in [0.29, 0.717) is 22.2 Å². The Kier molecular flexibility index (Phi) is 5.53. The van der Waals surface area contributed by atoms with Crippen molar-refractivity contribution in [3.8, 4) is 5.75 Å². The molecule has 1 atom stereocenters. The molecule has 118 valence electrons. The minimum atomic E-state index is -0.256. The van der Waals surface area contributed by atoms with Crippen molar-refractivity contribution in [1.82, 2.24) is 4.90 Å². The molecule has 2 rings (SSSR count). The van der Waals surface area contributed by atoms with Gasteiger partial charge in [-0.25, -0.2) is 0 Å². The largest absolute Gasteiger partial charge is 0.489 e. The topological polar surface area (TPSA) is 46.6 Å². The zero-order valence-electron chi connectivity index (χ0n) is 12.8. The zero-order chi connectivity index (χ0) is 16.3. The molecule has 1 aromatic rings. The van der Waals surface area contributed by atoms with Crippen molar-refractivity contribution < 1.29 is 14.3 Å². The fraction of sp³-hybridized carbons (Fsp3) is 0.375. The summed E-state index contributed by atoms with van der Waals surface area (Å²) in [5, 5.41) is 0.255. The first-order chi connectivity index (χ1) is 10.5. The van der Waals surface area contributed by atoms with E-state index in [2.05, 4.69) is 0 Å². The Morgan fingerprint density at radius 2 is 2.09 bits per heavy atom. The molecule has 1 saturated heterocycles. The van der Waals surface area contributed by atoms with Crippen LogP contribution in [0.15, 0.2) is 23.1 Å². The normalized spacial score (nSPS) is 18.2. The molecule has 0 N–H and O–H groups in total. The Balaban J connectivity index is 2.21. The molecule has 0 unspecified atom stereocenters. The van der Waals surface area contributed by atoms with E-state index in [1.807, 2.05) is 19.9 Å². The van der Waals surface area contributed by atoms with E-state index in [1.165, 1.54) is 4.90 Å². The number of nitrogens with zero attached hydrogens (tertiary/aromatic N) is 1. The Labute approximate surface area is 139 Å². The summed E-state index contributed by atoms with van der Waals surface area (Å²) < 4.78 is 5.70. The van der Waals surface area contributed by atoms with E-state index >= 15 is 0 Å². The van der Waals surface area contributed by atoms with Gasteiger partial charge in [-0.1, -0.05) is 24.6 Å². The second kappa shape index (κ2) is 7.20. The van der Waals surface area contributed by atoms with E-state index in [1.54, 1.807) is 25.1 Å². The van der Waals surface area contributed by atoms with Crippen molar-refractivity contribution in [3.05, 3.63) is 33.7 Å². The van der Waals surface area contributed by atoms with Gasteiger partial charge in [0.1, 0.15) is 5.75 Å². The molecular formula is C16H18ClNO3S.